The van der Waals surface area contributed by atoms with Gasteiger partial charge in [-0.05, 0) is 63.1 Å². The van der Waals surface area contributed by atoms with Gasteiger partial charge in [-0.15, -0.1) is 0 Å². The van der Waals surface area contributed by atoms with Crippen molar-refractivity contribution in [3.63, 3.8) is 0 Å². The molecule has 3 rings (SSSR count). The van der Waals surface area contributed by atoms with Gasteiger partial charge >= 0.3 is 0 Å². The lowest BCUT2D eigenvalue weighted by Crippen LogP contribution is -2.52. The number of aryl methyl sites for hydroxylation is 1. The molecular formula is C28H32BrN3O4S. The lowest BCUT2D eigenvalue weighted by Gasteiger charge is -2.32. The minimum atomic E-state index is -4.08. The minimum absolute atomic E-state index is 0.0819. The summed E-state index contributed by atoms with van der Waals surface area (Å²) in [5.41, 5.74) is 2.28. The summed E-state index contributed by atoms with van der Waals surface area (Å²) in [7, 11) is -4.08. The zero-order valence-electron chi connectivity index (χ0n) is 21.2. The normalized spacial score (nSPS) is 12.0. The second-order valence-corrected chi connectivity index (χ2v) is 11.5. The van der Waals surface area contributed by atoms with Crippen molar-refractivity contribution in [3.8, 4) is 0 Å². The molecule has 1 N–H and O–H groups in total. The molecule has 0 aliphatic rings. The van der Waals surface area contributed by atoms with Gasteiger partial charge < -0.3 is 10.2 Å². The molecule has 0 aliphatic heterocycles. The zero-order valence-corrected chi connectivity index (χ0v) is 23.6. The Morgan fingerprint density at radius 3 is 2.27 bits per heavy atom. The molecule has 0 fully saturated rings. The standard InChI is InChI=1S/C28H32BrN3O4S/c1-4-30-28(34)22(3)31(18-17-23-9-6-5-7-10-23)27(33)20-32(25-12-8-11-24(29)19-25)37(35,36)26-15-13-21(2)14-16-26/h5-16,19,22H,4,17-18,20H2,1-3H3,(H,30,34)/t22-/m0/s1. The number of anilines is 1. The molecule has 0 unspecified atom stereocenters. The van der Waals surface area contributed by atoms with Crippen LogP contribution in [-0.2, 0) is 26.0 Å². The topological polar surface area (TPSA) is 86.8 Å². The summed E-state index contributed by atoms with van der Waals surface area (Å²) in [6.07, 6.45) is 0.526. The van der Waals surface area contributed by atoms with Gasteiger partial charge in [0.05, 0.1) is 10.6 Å². The van der Waals surface area contributed by atoms with Gasteiger partial charge in [0.25, 0.3) is 10.0 Å². The molecule has 0 saturated heterocycles. The Balaban J connectivity index is 1.97. The summed E-state index contributed by atoms with van der Waals surface area (Å²) >= 11 is 3.40. The van der Waals surface area contributed by atoms with Crippen molar-refractivity contribution in [1.29, 1.82) is 0 Å². The van der Waals surface area contributed by atoms with Gasteiger partial charge in [0.15, 0.2) is 0 Å². The van der Waals surface area contributed by atoms with E-state index in [1.807, 2.05) is 44.2 Å². The van der Waals surface area contributed by atoms with Crippen molar-refractivity contribution in [1.82, 2.24) is 10.2 Å². The highest BCUT2D eigenvalue weighted by Gasteiger charge is 2.32. The van der Waals surface area contributed by atoms with E-state index >= 15 is 0 Å². The van der Waals surface area contributed by atoms with Gasteiger partial charge in [-0.25, -0.2) is 8.42 Å². The fourth-order valence-corrected chi connectivity index (χ4v) is 5.68. The number of amides is 2. The third-order valence-electron chi connectivity index (χ3n) is 5.99. The van der Waals surface area contributed by atoms with Crippen LogP contribution in [0.25, 0.3) is 0 Å². The van der Waals surface area contributed by atoms with Crippen LogP contribution >= 0.6 is 15.9 Å². The van der Waals surface area contributed by atoms with Crippen LogP contribution in [0.2, 0.25) is 0 Å². The molecule has 9 heteroatoms. The van der Waals surface area contributed by atoms with E-state index < -0.39 is 28.5 Å². The Bertz CT molecular complexity index is 1310. The Kier molecular flexibility index (Phi) is 9.88. The number of nitrogens with zero attached hydrogens (tertiary/aromatic N) is 2. The number of likely N-dealkylation sites (N-methyl/N-ethyl adjacent to an activating group) is 1. The number of carbonyl (C=O) groups excluding carboxylic acids is 2. The van der Waals surface area contributed by atoms with E-state index in [9.17, 15) is 18.0 Å². The maximum absolute atomic E-state index is 13.8. The highest BCUT2D eigenvalue weighted by Crippen LogP contribution is 2.27. The number of hydrogen-bond acceptors (Lipinski definition) is 4. The predicted molar refractivity (Wildman–Crippen MR) is 150 cm³/mol. The Labute approximate surface area is 227 Å². The molecule has 1 atom stereocenters. The van der Waals surface area contributed by atoms with E-state index in [-0.39, 0.29) is 17.3 Å². The van der Waals surface area contributed by atoms with Gasteiger partial charge in [-0.3, -0.25) is 13.9 Å². The van der Waals surface area contributed by atoms with Crippen LogP contribution in [0.15, 0.2) is 88.2 Å². The first-order chi connectivity index (χ1) is 17.6. The van der Waals surface area contributed by atoms with Gasteiger partial charge in [0.2, 0.25) is 11.8 Å². The minimum Gasteiger partial charge on any atom is -0.355 e. The van der Waals surface area contributed by atoms with E-state index in [2.05, 4.69) is 21.2 Å². The highest BCUT2D eigenvalue weighted by atomic mass is 79.9. The van der Waals surface area contributed by atoms with Crippen molar-refractivity contribution in [2.75, 3.05) is 23.9 Å². The lowest BCUT2D eigenvalue weighted by atomic mass is 10.1. The number of carbonyl (C=O) groups is 2. The van der Waals surface area contributed by atoms with Crippen molar-refractivity contribution < 1.29 is 18.0 Å². The van der Waals surface area contributed by atoms with E-state index in [1.54, 1.807) is 43.3 Å². The molecule has 0 spiro atoms. The van der Waals surface area contributed by atoms with Crippen LogP contribution in [0, 0.1) is 6.92 Å². The monoisotopic (exact) mass is 585 g/mol. The Hall–Kier alpha value is -3.17. The van der Waals surface area contributed by atoms with E-state index in [0.29, 0.717) is 23.1 Å². The average Bonchev–Trinajstić information content (AvgIpc) is 2.88. The molecular weight excluding hydrogens is 554 g/mol. The fourth-order valence-electron chi connectivity index (χ4n) is 3.89. The van der Waals surface area contributed by atoms with Crippen LogP contribution in [0.3, 0.4) is 0 Å². The maximum Gasteiger partial charge on any atom is 0.264 e. The van der Waals surface area contributed by atoms with Crippen LogP contribution in [-0.4, -0.2) is 50.8 Å². The van der Waals surface area contributed by atoms with E-state index in [1.165, 1.54) is 17.0 Å². The average molecular weight is 587 g/mol. The smallest absolute Gasteiger partial charge is 0.264 e. The molecule has 0 bridgehead atoms. The second-order valence-electron chi connectivity index (χ2n) is 8.70. The van der Waals surface area contributed by atoms with Gasteiger partial charge in [-0.2, -0.15) is 0 Å². The number of halogens is 1. The van der Waals surface area contributed by atoms with Crippen LogP contribution < -0.4 is 9.62 Å². The first kappa shape index (κ1) is 28.4. The van der Waals surface area contributed by atoms with Crippen molar-refractivity contribution in [2.45, 2.75) is 38.1 Å². The quantitative estimate of drug-likeness (QED) is 0.357. The Morgan fingerprint density at radius 1 is 0.973 bits per heavy atom. The highest BCUT2D eigenvalue weighted by molar-refractivity contribution is 9.10. The predicted octanol–water partition coefficient (Wildman–Crippen LogP) is 4.55. The molecule has 3 aromatic carbocycles. The van der Waals surface area contributed by atoms with E-state index in [0.717, 1.165) is 15.4 Å². The lowest BCUT2D eigenvalue weighted by molar-refractivity contribution is -0.138. The van der Waals surface area contributed by atoms with Gasteiger partial charge in [0, 0.05) is 17.6 Å². The van der Waals surface area contributed by atoms with Crippen LogP contribution in [0.5, 0.6) is 0 Å². The van der Waals surface area contributed by atoms with Crippen LogP contribution in [0.1, 0.15) is 25.0 Å². The van der Waals surface area contributed by atoms with Crippen molar-refractivity contribution in [2.24, 2.45) is 0 Å². The fraction of sp³-hybridized carbons (Fsp3) is 0.286. The van der Waals surface area contributed by atoms with Gasteiger partial charge in [-0.1, -0.05) is 70.0 Å². The van der Waals surface area contributed by atoms with E-state index in [4.69, 9.17) is 0 Å². The number of rotatable bonds is 11. The molecule has 0 saturated carbocycles. The summed E-state index contributed by atoms with van der Waals surface area (Å²) in [6, 6.07) is 22.2. The molecule has 7 nitrogen and oxygen atoms in total. The molecule has 3 aromatic rings. The summed E-state index contributed by atoms with van der Waals surface area (Å²) in [4.78, 5) is 28.0. The second kappa shape index (κ2) is 12.9. The SMILES string of the molecule is CCNC(=O)[C@H](C)N(CCc1ccccc1)C(=O)CN(c1cccc(Br)c1)S(=O)(=O)c1ccc(C)cc1. The molecule has 0 aromatic heterocycles. The molecule has 2 amide bonds. The Morgan fingerprint density at radius 2 is 1.65 bits per heavy atom. The van der Waals surface area contributed by atoms with Crippen molar-refractivity contribution >= 4 is 43.5 Å². The maximum atomic E-state index is 13.8. The van der Waals surface area contributed by atoms with Crippen molar-refractivity contribution in [3.05, 3.63) is 94.5 Å². The van der Waals surface area contributed by atoms with Gasteiger partial charge in [0.1, 0.15) is 12.6 Å². The molecule has 196 valence electrons. The molecule has 0 radical (unpaired) electrons. The third kappa shape index (κ3) is 7.42. The molecule has 0 aliphatic carbocycles. The van der Waals surface area contributed by atoms with Crippen LogP contribution in [0.4, 0.5) is 5.69 Å². The summed E-state index contributed by atoms with van der Waals surface area (Å²) < 4.78 is 29.3. The zero-order chi connectivity index (χ0) is 27.0. The number of hydrogen-bond donors (Lipinski definition) is 1. The third-order valence-corrected chi connectivity index (χ3v) is 8.27. The first-order valence-electron chi connectivity index (χ1n) is 12.1. The summed E-state index contributed by atoms with van der Waals surface area (Å²) in [6.45, 7) is 5.58. The molecule has 0 heterocycles. The summed E-state index contributed by atoms with van der Waals surface area (Å²) in [5, 5.41) is 2.76. The number of benzene rings is 3. The summed E-state index contributed by atoms with van der Waals surface area (Å²) in [5.74, 6) is -0.760. The largest absolute Gasteiger partial charge is 0.355 e. The number of sulfonamides is 1. The molecule has 37 heavy (non-hydrogen) atoms. The number of nitrogens with one attached hydrogen (secondary N) is 1. The first-order valence-corrected chi connectivity index (χ1v) is 14.3.